The number of hydrogen-bond donors (Lipinski definition) is 3. The molecule has 110 valence electrons. The van der Waals surface area contributed by atoms with E-state index in [-0.39, 0.29) is 0 Å². The maximum absolute atomic E-state index is 12.0. The predicted molar refractivity (Wildman–Crippen MR) is 81.0 cm³/mol. The average molecular weight is 305 g/mol. The first-order valence-corrected chi connectivity index (χ1v) is 9.17. The van der Waals surface area contributed by atoms with Crippen LogP contribution >= 0.6 is 11.8 Å². The molecule has 0 aliphatic rings. The molecule has 1 aromatic heterocycles. The van der Waals surface area contributed by atoms with Crippen molar-refractivity contribution in [1.29, 1.82) is 0 Å². The molecule has 19 heavy (non-hydrogen) atoms. The topological polar surface area (TPSA) is 74.0 Å². The van der Waals surface area contributed by atoms with E-state index in [2.05, 4.69) is 21.9 Å². The van der Waals surface area contributed by atoms with Gasteiger partial charge in [-0.25, -0.2) is 13.1 Å². The average Bonchev–Trinajstić information content (AvgIpc) is 2.85. The van der Waals surface area contributed by atoms with Crippen LogP contribution in [0, 0.1) is 0 Å². The van der Waals surface area contributed by atoms with Gasteiger partial charge in [0.1, 0.15) is 0 Å². The quantitative estimate of drug-likeness (QED) is 0.647. The second kappa shape index (κ2) is 7.94. The molecule has 5 nitrogen and oxygen atoms in total. The summed E-state index contributed by atoms with van der Waals surface area (Å²) >= 11 is 1.74. The Morgan fingerprint density at radius 3 is 2.84 bits per heavy atom. The molecule has 1 atom stereocenters. The van der Waals surface area contributed by atoms with E-state index in [1.807, 2.05) is 13.2 Å². The van der Waals surface area contributed by atoms with E-state index in [4.69, 9.17) is 0 Å². The van der Waals surface area contributed by atoms with Gasteiger partial charge in [0.15, 0.2) is 0 Å². The van der Waals surface area contributed by atoms with E-state index < -0.39 is 10.0 Å². The zero-order chi connectivity index (χ0) is 14.3. The largest absolute Gasteiger partial charge is 0.363 e. The summed E-state index contributed by atoms with van der Waals surface area (Å²) in [6.45, 7) is 6.07. The molecular weight excluding hydrogens is 282 g/mol. The van der Waals surface area contributed by atoms with Crippen LogP contribution in [0.4, 0.5) is 0 Å². The van der Waals surface area contributed by atoms with E-state index in [9.17, 15) is 8.42 Å². The molecule has 0 aliphatic carbocycles. The Bertz CT molecular complexity index is 471. The van der Waals surface area contributed by atoms with Gasteiger partial charge in [0.2, 0.25) is 10.0 Å². The summed E-state index contributed by atoms with van der Waals surface area (Å²) in [7, 11) is -3.39. The predicted octanol–water partition coefficient (Wildman–Crippen LogP) is 1.54. The van der Waals surface area contributed by atoms with Crippen LogP contribution in [0.25, 0.3) is 0 Å². The van der Waals surface area contributed by atoms with Gasteiger partial charge in [-0.1, -0.05) is 13.8 Å². The van der Waals surface area contributed by atoms with Crippen LogP contribution in [0.1, 0.15) is 26.0 Å². The second-order valence-corrected chi connectivity index (χ2v) is 7.42. The molecule has 1 heterocycles. The van der Waals surface area contributed by atoms with Crippen molar-refractivity contribution in [3.8, 4) is 0 Å². The second-order valence-electron chi connectivity index (χ2n) is 4.37. The molecule has 0 amide bonds. The van der Waals surface area contributed by atoms with E-state index in [1.165, 1.54) is 6.20 Å². The number of thioether (sulfide) groups is 1. The van der Waals surface area contributed by atoms with E-state index in [1.54, 1.807) is 17.8 Å². The van der Waals surface area contributed by atoms with Gasteiger partial charge in [0.05, 0.1) is 4.90 Å². The minimum Gasteiger partial charge on any atom is -0.363 e. The highest BCUT2D eigenvalue weighted by Crippen LogP contribution is 2.12. The first-order valence-electron chi connectivity index (χ1n) is 6.40. The number of sulfonamides is 1. The fraction of sp³-hybridized carbons (Fsp3) is 0.667. The fourth-order valence-corrected chi connectivity index (χ4v) is 2.95. The van der Waals surface area contributed by atoms with Crippen LogP contribution in [0.15, 0.2) is 17.2 Å². The molecule has 0 saturated heterocycles. The van der Waals surface area contributed by atoms with Crippen molar-refractivity contribution in [1.82, 2.24) is 15.0 Å². The lowest BCUT2D eigenvalue weighted by molar-refractivity contribution is 0.579. The minimum atomic E-state index is -3.39. The molecule has 0 aliphatic heterocycles. The summed E-state index contributed by atoms with van der Waals surface area (Å²) in [6, 6.07) is 1.67. The molecule has 0 aromatic carbocycles. The van der Waals surface area contributed by atoms with Crippen molar-refractivity contribution in [2.75, 3.05) is 19.3 Å². The first-order chi connectivity index (χ1) is 8.99. The Morgan fingerprint density at radius 1 is 1.47 bits per heavy atom. The van der Waals surface area contributed by atoms with Gasteiger partial charge in [-0.15, -0.1) is 0 Å². The van der Waals surface area contributed by atoms with Crippen molar-refractivity contribution in [3.05, 3.63) is 18.0 Å². The van der Waals surface area contributed by atoms with Crippen LogP contribution in [0.5, 0.6) is 0 Å². The Morgan fingerprint density at radius 2 is 2.21 bits per heavy atom. The maximum atomic E-state index is 12.0. The number of aromatic amines is 1. The lowest BCUT2D eigenvalue weighted by Crippen LogP contribution is -2.26. The fourth-order valence-electron chi connectivity index (χ4n) is 1.53. The normalized spacial score (nSPS) is 13.6. The molecule has 0 radical (unpaired) electrons. The first kappa shape index (κ1) is 16.6. The summed E-state index contributed by atoms with van der Waals surface area (Å²) in [4.78, 5) is 3.27. The zero-order valence-electron chi connectivity index (χ0n) is 11.7. The van der Waals surface area contributed by atoms with E-state index in [0.717, 1.165) is 18.7 Å². The standard InChI is InChI=1S/C12H23N3O2S2/c1-4-13-8-11-7-12(9-14-11)19(16,17)15-6-5-10(2)18-3/h7,9-10,13-15H,4-6,8H2,1-3H3. The number of rotatable bonds is 9. The summed E-state index contributed by atoms with van der Waals surface area (Å²) in [5.74, 6) is 0. The van der Waals surface area contributed by atoms with Crippen LogP contribution in [-0.2, 0) is 16.6 Å². The van der Waals surface area contributed by atoms with Gasteiger partial charge < -0.3 is 10.3 Å². The molecule has 0 bridgehead atoms. The molecule has 3 N–H and O–H groups in total. The number of nitrogens with one attached hydrogen (secondary N) is 3. The van der Waals surface area contributed by atoms with Gasteiger partial charge in [-0.3, -0.25) is 0 Å². The van der Waals surface area contributed by atoms with E-state index >= 15 is 0 Å². The lowest BCUT2D eigenvalue weighted by atomic mass is 10.3. The van der Waals surface area contributed by atoms with Crippen molar-refractivity contribution < 1.29 is 8.42 Å². The van der Waals surface area contributed by atoms with Gasteiger partial charge in [0, 0.05) is 30.2 Å². The smallest absolute Gasteiger partial charge is 0.242 e. The molecule has 0 spiro atoms. The Labute approximate surface area is 120 Å². The van der Waals surface area contributed by atoms with Crippen molar-refractivity contribution >= 4 is 21.8 Å². The van der Waals surface area contributed by atoms with Crippen molar-refractivity contribution in [2.24, 2.45) is 0 Å². The Hall–Kier alpha value is -0.500. The Balaban J connectivity index is 2.54. The van der Waals surface area contributed by atoms with Gasteiger partial charge in [0.25, 0.3) is 0 Å². The zero-order valence-corrected chi connectivity index (χ0v) is 13.3. The molecule has 0 fully saturated rings. The molecule has 7 heteroatoms. The number of H-pyrrole nitrogens is 1. The third-order valence-electron chi connectivity index (χ3n) is 2.84. The molecule has 1 rings (SSSR count). The SMILES string of the molecule is CCNCc1cc(S(=O)(=O)NCCC(C)SC)c[nH]1. The summed E-state index contributed by atoms with van der Waals surface area (Å²) in [5.41, 5.74) is 0.875. The highest BCUT2D eigenvalue weighted by atomic mass is 32.2. The van der Waals surface area contributed by atoms with Crippen LogP contribution in [-0.4, -0.2) is 38.0 Å². The minimum absolute atomic E-state index is 0.303. The summed E-state index contributed by atoms with van der Waals surface area (Å²) < 4.78 is 26.7. The third-order valence-corrected chi connectivity index (χ3v) is 5.32. The lowest BCUT2D eigenvalue weighted by Gasteiger charge is -2.08. The van der Waals surface area contributed by atoms with E-state index in [0.29, 0.717) is 23.2 Å². The van der Waals surface area contributed by atoms with Gasteiger partial charge in [-0.2, -0.15) is 11.8 Å². The highest BCUT2D eigenvalue weighted by Gasteiger charge is 2.15. The monoisotopic (exact) mass is 305 g/mol. The van der Waals surface area contributed by atoms with Crippen molar-refractivity contribution in [2.45, 2.75) is 37.0 Å². The number of hydrogen-bond acceptors (Lipinski definition) is 4. The van der Waals surface area contributed by atoms with Crippen LogP contribution in [0.3, 0.4) is 0 Å². The molecular formula is C12H23N3O2S2. The summed E-state index contributed by atoms with van der Waals surface area (Å²) in [5, 5.41) is 3.60. The van der Waals surface area contributed by atoms with Crippen LogP contribution < -0.4 is 10.0 Å². The third kappa shape index (κ3) is 5.56. The van der Waals surface area contributed by atoms with Crippen LogP contribution in [0.2, 0.25) is 0 Å². The maximum Gasteiger partial charge on any atom is 0.242 e. The highest BCUT2D eigenvalue weighted by molar-refractivity contribution is 7.99. The molecule has 1 unspecified atom stereocenters. The van der Waals surface area contributed by atoms with Crippen molar-refractivity contribution in [3.63, 3.8) is 0 Å². The molecule has 0 saturated carbocycles. The van der Waals surface area contributed by atoms with Gasteiger partial charge >= 0.3 is 0 Å². The summed E-state index contributed by atoms with van der Waals surface area (Å²) in [6.07, 6.45) is 4.39. The number of aromatic nitrogens is 1. The molecule has 1 aromatic rings. The van der Waals surface area contributed by atoms with Gasteiger partial charge in [-0.05, 0) is 25.3 Å². The Kier molecular flexibility index (Phi) is 6.92.